The Labute approximate surface area is 110 Å². The summed E-state index contributed by atoms with van der Waals surface area (Å²) in [5, 5.41) is 7.94. The first-order valence-electron chi connectivity index (χ1n) is 6.88. The minimum Gasteiger partial charge on any atom is -0.381 e. The first-order valence-corrected chi connectivity index (χ1v) is 6.88. The molecule has 4 heteroatoms. The highest BCUT2D eigenvalue weighted by Gasteiger charge is 2.15. The maximum absolute atomic E-state index is 5.36. The van der Waals surface area contributed by atoms with Crippen molar-refractivity contribution >= 4 is 0 Å². The van der Waals surface area contributed by atoms with E-state index in [1.54, 1.807) is 0 Å². The summed E-state index contributed by atoms with van der Waals surface area (Å²) in [7, 11) is 0. The molecule has 4 nitrogen and oxygen atoms in total. The molecule has 0 saturated carbocycles. The van der Waals surface area contributed by atoms with Crippen molar-refractivity contribution in [1.82, 2.24) is 15.1 Å². The van der Waals surface area contributed by atoms with Crippen molar-refractivity contribution in [3.63, 3.8) is 0 Å². The molecule has 1 saturated heterocycles. The van der Waals surface area contributed by atoms with E-state index in [4.69, 9.17) is 4.74 Å². The molecule has 2 rings (SSSR count). The predicted molar refractivity (Wildman–Crippen MR) is 72.5 cm³/mol. The van der Waals surface area contributed by atoms with Crippen LogP contribution in [0.4, 0.5) is 0 Å². The van der Waals surface area contributed by atoms with Gasteiger partial charge in [0.25, 0.3) is 0 Å². The number of nitrogens with zero attached hydrogens (tertiary/aromatic N) is 2. The van der Waals surface area contributed by atoms with Crippen LogP contribution in [0.25, 0.3) is 0 Å². The molecular formula is C14H25N3O. The van der Waals surface area contributed by atoms with E-state index in [2.05, 4.69) is 37.4 Å². The highest BCUT2D eigenvalue weighted by atomic mass is 16.5. The molecule has 1 fully saturated rings. The lowest BCUT2D eigenvalue weighted by Gasteiger charge is -2.22. The Morgan fingerprint density at radius 2 is 2.11 bits per heavy atom. The summed E-state index contributed by atoms with van der Waals surface area (Å²) in [5.74, 6) is 0.774. The highest BCUT2D eigenvalue weighted by Crippen LogP contribution is 2.15. The van der Waals surface area contributed by atoms with Gasteiger partial charge >= 0.3 is 0 Å². The van der Waals surface area contributed by atoms with Crippen molar-refractivity contribution in [2.75, 3.05) is 19.8 Å². The smallest absolute Gasteiger partial charge is 0.0543 e. The number of aromatic nitrogens is 2. The first kappa shape index (κ1) is 13.6. The summed E-state index contributed by atoms with van der Waals surface area (Å²) in [6, 6.07) is 0. The lowest BCUT2D eigenvalue weighted by molar-refractivity contribution is 0.0662. The molecule has 1 N–H and O–H groups in total. The summed E-state index contributed by atoms with van der Waals surface area (Å²) < 4.78 is 7.39. The van der Waals surface area contributed by atoms with Gasteiger partial charge in [0.2, 0.25) is 0 Å². The Balaban J connectivity index is 1.74. The van der Waals surface area contributed by atoms with Crippen LogP contribution in [-0.2, 0) is 16.8 Å². The second kappa shape index (κ2) is 5.85. The minimum absolute atomic E-state index is 0.0684. The molecule has 0 bridgehead atoms. The quantitative estimate of drug-likeness (QED) is 0.891. The van der Waals surface area contributed by atoms with Crippen molar-refractivity contribution < 1.29 is 4.74 Å². The third kappa shape index (κ3) is 3.82. The Hall–Kier alpha value is -0.870. The fourth-order valence-electron chi connectivity index (χ4n) is 2.19. The van der Waals surface area contributed by atoms with Gasteiger partial charge in [-0.25, -0.2) is 0 Å². The average molecular weight is 251 g/mol. The number of hydrogen-bond acceptors (Lipinski definition) is 3. The van der Waals surface area contributed by atoms with E-state index in [1.165, 1.54) is 18.4 Å². The Bertz CT molecular complexity index is 361. The van der Waals surface area contributed by atoms with Crippen molar-refractivity contribution in [2.24, 2.45) is 5.92 Å². The van der Waals surface area contributed by atoms with Gasteiger partial charge in [0.05, 0.1) is 11.7 Å². The second-order valence-electron chi connectivity index (χ2n) is 6.15. The zero-order valence-electron chi connectivity index (χ0n) is 11.8. The Morgan fingerprint density at radius 3 is 2.72 bits per heavy atom. The monoisotopic (exact) mass is 251 g/mol. The van der Waals surface area contributed by atoms with Gasteiger partial charge in [-0.05, 0) is 46.1 Å². The van der Waals surface area contributed by atoms with E-state index in [1.807, 2.05) is 10.9 Å². The SMILES string of the molecule is CC(C)(C)n1cc(CNCC2CCOCC2)cn1. The zero-order chi connectivity index (χ0) is 13.0. The van der Waals surface area contributed by atoms with Crippen LogP contribution in [-0.4, -0.2) is 29.5 Å². The van der Waals surface area contributed by atoms with Crippen LogP contribution < -0.4 is 5.32 Å². The molecule has 2 heterocycles. The molecule has 1 aliphatic heterocycles. The number of hydrogen-bond donors (Lipinski definition) is 1. The van der Waals surface area contributed by atoms with Crippen LogP contribution >= 0.6 is 0 Å². The van der Waals surface area contributed by atoms with Gasteiger partial charge < -0.3 is 10.1 Å². The van der Waals surface area contributed by atoms with Gasteiger partial charge in [0.1, 0.15) is 0 Å². The topological polar surface area (TPSA) is 39.1 Å². The minimum atomic E-state index is 0.0684. The summed E-state index contributed by atoms with van der Waals surface area (Å²) >= 11 is 0. The van der Waals surface area contributed by atoms with Crippen LogP contribution in [0.5, 0.6) is 0 Å². The lowest BCUT2D eigenvalue weighted by Crippen LogP contribution is -2.27. The molecule has 0 radical (unpaired) electrons. The highest BCUT2D eigenvalue weighted by molar-refractivity contribution is 5.04. The summed E-state index contributed by atoms with van der Waals surface area (Å²) in [4.78, 5) is 0. The van der Waals surface area contributed by atoms with Gasteiger partial charge in [-0.1, -0.05) is 0 Å². The van der Waals surface area contributed by atoms with Gasteiger partial charge in [0.15, 0.2) is 0 Å². The van der Waals surface area contributed by atoms with Crippen molar-refractivity contribution in [3.8, 4) is 0 Å². The molecule has 0 unspecified atom stereocenters. The fraction of sp³-hybridized carbons (Fsp3) is 0.786. The molecule has 1 aromatic heterocycles. The third-order valence-corrected chi connectivity index (χ3v) is 3.43. The molecule has 1 aromatic rings. The third-order valence-electron chi connectivity index (χ3n) is 3.43. The van der Waals surface area contributed by atoms with E-state index < -0.39 is 0 Å². The van der Waals surface area contributed by atoms with Crippen molar-refractivity contribution in [3.05, 3.63) is 18.0 Å². The summed E-state index contributed by atoms with van der Waals surface area (Å²) in [6.45, 7) is 10.3. The van der Waals surface area contributed by atoms with Crippen LogP contribution in [0.15, 0.2) is 12.4 Å². The van der Waals surface area contributed by atoms with Crippen LogP contribution in [0.2, 0.25) is 0 Å². The van der Waals surface area contributed by atoms with Gasteiger partial charge in [-0.2, -0.15) is 5.10 Å². The molecular weight excluding hydrogens is 226 g/mol. The van der Waals surface area contributed by atoms with Crippen molar-refractivity contribution in [2.45, 2.75) is 45.7 Å². The molecule has 0 amide bonds. The molecule has 0 atom stereocenters. The van der Waals surface area contributed by atoms with E-state index in [9.17, 15) is 0 Å². The summed E-state index contributed by atoms with van der Waals surface area (Å²) in [5.41, 5.74) is 1.33. The predicted octanol–water partition coefficient (Wildman–Crippen LogP) is 2.15. The van der Waals surface area contributed by atoms with Crippen LogP contribution in [0.3, 0.4) is 0 Å². The lowest BCUT2D eigenvalue weighted by atomic mass is 10.0. The molecule has 0 aromatic carbocycles. The molecule has 0 spiro atoms. The second-order valence-corrected chi connectivity index (χ2v) is 6.15. The standard InChI is InChI=1S/C14H25N3O/c1-14(2,3)17-11-13(10-16-17)9-15-8-12-4-6-18-7-5-12/h10-12,15H,4-9H2,1-3H3. The first-order chi connectivity index (χ1) is 8.55. The Morgan fingerprint density at radius 1 is 1.39 bits per heavy atom. The zero-order valence-corrected chi connectivity index (χ0v) is 11.8. The van der Waals surface area contributed by atoms with Gasteiger partial charge in [-0.15, -0.1) is 0 Å². The van der Waals surface area contributed by atoms with Crippen LogP contribution in [0.1, 0.15) is 39.2 Å². The fourth-order valence-corrected chi connectivity index (χ4v) is 2.19. The maximum atomic E-state index is 5.36. The normalized spacial score (nSPS) is 18.2. The Kier molecular flexibility index (Phi) is 4.40. The molecule has 1 aliphatic rings. The van der Waals surface area contributed by atoms with Gasteiger partial charge in [0, 0.05) is 31.5 Å². The number of ether oxygens (including phenoxy) is 1. The van der Waals surface area contributed by atoms with E-state index in [0.29, 0.717) is 0 Å². The van der Waals surface area contributed by atoms with Crippen LogP contribution in [0, 0.1) is 5.92 Å². The van der Waals surface area contributed by atoms with Crippen molar-refractivity contribution in [1.29, 1.82) is 0 Å². The van der Waals surface area contributed by atoms with E-state index in [0.717, 1.165) is 32.2 Å². The van der Waals surface area contributed by atoms with Gasteiger partial charge in [-0.3, -0.25) is 4.68 Å². The number of rotatable bonds is 4. The average Bonchev–Trinajstić information content (AvgIpc) is 2.79. The molecule has 0 aliphatic carbocycles. The maximum Gasteiger partial charge on any atom is 0.0543 e. The van der Waals surface area contributed by atoms with E-state index >= 15 is 0 Å². The molecule has 18 heavy (non-hydrogen) atoms. The molecule has 102 valence electrons. The summed E-state index contributed by atoms with van der Waals surface area (Å²) in [6.07, 6.45) is 6.47. The number of nitrogens with one attached hydrogen (secondary N) is 1. The largest absolute Gasteiger partial charge is 0.381 e. The van der Waals surface area contributed by atoms with E-state index in [-0.39, 0.29) is 5.54 Å².